The molecule has 2 heterocycles. The Morgan fingerprint density at radius 1 is 1.24 bits per heavy atom. The minimum Gasteiger partial charge on any atom is -0.381 e. The van der Waals surface area contributed by atoms with E-state index in [4.69, 9.17) is 25.2 Å². The summed E-state index contributed by atoms with van der Waals surface area (Å²) in [5.41, 5.74) is 0.885. The van der Waals surface area contributed by atoms with Gasteiger partial charge < -0.3 is 30.0 Å². The molecule has 0 spiro atoms. The lowest BCUT2D eigenvalue weighted by molar-refractivity contribution is -0.256. The first-order valence-electron chi connectivity index (χ1n) is 7.89. The molecule has 1 aromatic rings. The van der Waals surface area contributed by atoms with Crippen LogP contribution in [0.15, 0.2) is 6.20 Å². The molecule has 0 aliphatic carbocycles. The van der Waals surface area contributed by atoms with Crippen LogP contribution in [0.25, 0.3) is 0 Å². The molecule has 190 valence electrons. The molecule has 23 heteroatoms. The van der Waals surface area contributed by atoms with E-state index in [9.17, 15) is 36.2 Å². The van der Waals surface area contributed by atoms with Crippen LogP contribution in [-0.4, -0.2) is 53.7 Å². The van der Waals surface area contributed by atoms with Crippen LogP contribution < -0.4 is 5.73 Å². The molecule has 0 amide bonds. The van der Waals surface area contributed by atoms with Crippen LogP contribution in [0.5, 0.6) is 0 Å². The lowest BCUT2D eigenvalue weighted by atomic mass is 9.99. The first-order chi connectivity index (χ1) is 14.7. The molecule has 0 saturated carbocycles. The van der Waals surface area contributed by atoms with Crippen LogP contribution in [0, 0.1) is 10.6 Å². The third-order valence-electron chi connectivity index (χ3n) is 3.73. The van der Waals surface area contributed by atoms with Gasteiger partial charge in [-0.25, -0.2) is 22.5 Å². The Morgan fingerprint density at radius 3 is 2.33 bits per heavy atom. The van der Waals surface area contributed by atoms with Gasteiger partial charge in [0.25, 0.3) is 5.67 Å². The van der Waals surface area contributed by atoms with Gasteiger partial charge in [-0.1, -0.05) is 0 Å². The Hall–Kier alpha value is -0.880. The van der Waals surface area contributed by atoms with Crippen molar-refractivity contribution in [1.82, 2.24) is 9.55 Å². The fourth-order valence-corrected chi connectivity index (χ4v) is 5.81. The summed E-state index contributed by atoms with van der Waals surface area (Å²) in [5.74, 6) is -2.16. The maximum Gasteiger partial charge on any atom is 0.490 e. The van der Waals surface area contributed by atoms with Crippen LogP contribution >= 0.6 is 35.7 Å². The van der Waals surface area contributed by atoms with Crippen molar-refractivity contribution in [1.29, 1.82) is 0 Å². The van der Waals surface area contributed by atoms with Gasteiger partial charge in [-0.2, -0.15) is 26.8 Å². The second-order valence-corrected chi connectivity index (χ2v) is 11.0. The molecular formula is C10H13F5N3O11P3S. The van der Waals surface area contributed by atoms with E-state index >= 15 is 4.39 Å². The number of nitrogens with two attached hydrogens (primary N) is 1. The molecule has 33 heavy (non-hydrogen) atoms. The van der Waals surface area contributed by atoms with E-state index in [0.717, 1.165) is 0 Å². The van der Waals surface area contributed by atoms with E-state index in [1.807, 2.05) is 0 Å². The van der Waals surface area contributed by atoms with Gasteiger partial charge >= 0.3 is 29.6 Å². The topological polar surface area (TPSA) is 213 Å². The number of ether oxygens (including phenoxy) is 1. The van der Waals surface area contributed by atoms with Gasteiger partial charge in [0.15, 0.2) is 17.9 Å². The van der Waals surface area contributed by atoms with Crippen molar-refractivity contribution in [2.75, 3.05) is 12.3 Å². The van der Waals surface area contributed by atoms with E-state index < -0.39 is 77.1 Å². The monoisotopic (exact) mass is 571 g/mol. The van der Waals surface area contributed by atoms with Crippen molar-refractivity contribution in [3.8, 4) is 0 Å². The van der Waals surface area contributed by atoms with E-state index in [1.165, 1.54) is 0 Å². The highest BCUT2D eigenvalue weighted by atomic mass is 32.1. The molecule has 0 bridgehead atoms. The molecular weight excluding hydrogens is 558 g/mol. The summed E-state index contributed by atoms with van der Waals surface area (Å²) in [6.07, 6.45) is -11.6. The third-order valence-corrected chi connectivity index (χ3v) is 7.84. The molecule has 0 aromatic carbocycles. The Labute approximate surface area is 184 Å². The van der Waals surface area contributed by atoms with E-state index in [0.29, 0.717) is 6.20 Å². The number of hydrogen-bond acceptors (Lipinski definition) is 10. The first kappa shape index (κ1) is 28.4. The lowest BCUT2D eigenvalue weighted by Crippen LogP contribution is -2.45. The summed E-state index contributed by atoms with van der Waals surface area (Å²) >= 11 is 4.65. The number of rotatable bonds is 8. The number of phosphoric ester groups is 1. The minimum absolute atomic E-state index is 0.166. The largest absolute Gasteiger partial charge is 0.490 e. The number of nitrogens with zero attached hydrogens (tertiary/aromatic N) is 2. The number of anilines is 1. The highest BCUT2D eigenvalue weighted by Crippen LogP contribution is 2.66. The number of alkyl halides is 4. The molecule has 3 unspecified atom stereocenters. The minimum atomic E-state index is -5.90. The summed E-state index contributed by atoms with van der Waals surface area (Å²) in [6.45, 7) is -1.39. The molecule has 6 N–H and O–H groups in total. The quantitative estimate of drug-likeness (QED) is 0.172. The van der Waals surface area contributed by atoms with Crippen molar-refractivity contribution < 1.29 is 73.1 Å². The van der Waals surface area contributed by atoms with Crippen molar-refractivity contribution in [3.05, 3.63) is 16.8 Å². The third kappa shape index (κ3) is 7.06. The van der Waals surface area contributed by atoms with Crippen LogP contribution in [0.4, 0.5) is 27.8 Å². The first-order valence-corrected chi connectivity index (χ1v) is 12.8. The summed E-state index contributed by atoms with van der Waals surface area (Å²) in [7, 11) is -17.3. The molecule has 1 aliphatic rings. The van der Waals surface area contributed by atoms with Gasteiger partial charge in [0.1, 0.15) is 0 Å². The van der Waals surface area contributed by atoms with Crippen LogP contribution in [0.1, 0.15) is 12.6 Å². The predicted molar refractivity (Wildman–Crippen MR) is 95.7 cm³/mol. The average Bonchev–Trinajstić information content (AvgIpc) is 2.91. The van der Waals surface area contributed by atoms with E-state index in [-0.39, 0.29) is 4.57 Å². The van der Waals surface area contributed by atoms with Crippen LogP contribution in [0.2, 0.25) is 0 Å². The van der Waals surface area contributed by atoms with Gasteiger partial charge in [-0.3, -0.25) is 9.09 Å². The molecule has 0 radical (unpaired) electrons. The zero-order valence-electron chi connectivity index (χ0n) is 15.4. The summed E-state index contributed by atoms with van der Waals surface area (Å²) in [4.78, 5) is 38.5. The highest BCUT2D eigenvalue weighted by Gasteiger charge is 2.67. The molecule has 2 rings (SSSR count). The van der Waals surface area contributed by atoms with Gasteiger partial charge in [0, 0.05) is 12.6 Å². The van der Waals surface area contributed by atoms with E-state index in [1.54, 1.807) is 0 Å². The van der Waals surface area contributed by atoms with Crippen LogP contribution in [0.3, 0.4) is 0 Å². The Bertz CT molecular complexity index is 1110. The Morgan fingerprint density at radius 2 is 1.82 bits per heavy atom. The van der Waals surface area contributed by atoms with Gasteiger partial charge in [-0.05, 0) is 12.2 Å². The number of phosphoric acid groups is 3. The van der Waals surface area contributed by atoms with Crippen molar-refractivity contribution in [3.63, 3.8) is 0 Å². The SMILES string of the molecule is Nc1nc(=S)n([C@@H]2O[C@H](COP(=O)(O)OP(=O)(O)OP(=O)(O)O)CC2(F)C(F)(F)F)cc1F. The summed E-state index contributed by atoms with van der Waals surface area (Å²) in [5, 5.41) is 0. The maximum atomic E-state index is 15.0. The second kappa shape index (κ2) is 9.29. The zero-order valence-corrected chi connectivity index (χ0v) is 18.9. The van der Waals surface area contributed by atoms with Crippen LogP contribution in [-0.2, 0) is 31.6 Å². The van der Waals surface area contributed by atoms with Crippen molar-refractivity contribution in [2.45, 2.75) is 30.6 Å². The number of aromatic nitrogens is 2. The number of hydrogen-bond donors (Lipinski definition) is 5. The smallest absolute Gasteiger partial charge is 0.381 e. The molecule has 14 nitrogen and oxygen atoms in total. The highest BCUT2D eigenvalue weighted by molar-refractivity contribution is 7.71. The summed E-state index contributed by atoms with van der Waals surface area (Å²) < 4.78 is 118. The summed E-state index contributed by atoms with van der Waals surface area (Å²) in [6, 6.07) is 0. The maximum absolute atomic E-state index is 15.0. The van der Waals surface area contributed by atoms with Gasteiger partial charge in [0.05, 0.1) is 12.7 Å². The zero-order chi connectivity index (χ0) is 25.6. The van der Waals surface area contributed by atoms with Gasteiger partial charge in [0.2, 0.25) is 4.77 Å². The average molecular weight is 571 g/mol. The van der Waals surface area contributed by atoms with Crippen molar-refractivity contribution >= 4 is 41.5 Å². The standard InChI is InChI=1S/C10H13F5N3O11P3S/c11-5-2-18(8(33)17-6(5)16)7-9(12,10(13,14)15)1-4(27-7)3-26-31(22,23)29-32(24,25)28-30(19,20)21/h2,4,7H,1,3H2,(H,22,23)(H,24,25)(H2,16,17,33)(H2,19,20,21)/t4-,7+,9?/m0/s1. The Balaban J connectivity index is 2.24. The fourth-order valence-electron chi connectivity index (χ4n) is 2.52. The predicted octanol–water partition coefficient (Wildman–Crippen LogP) is 2.24. The normalized spacial score (nSPS) is 27.8. The number of nitrogen functional groups attached to an aromatic ring is 1. The lowest BCUT2D eigenvalue weighted by Gasteiger charge is -2.29. The Kier molecular flexibility index (Phi) is 7.99. The van der Waals surface area contributed by atoms with Gasteiger partial charge in [-0.15, -0.1) is 0 Å². The van der Waals surface area contributed by atoms with E-state index in [2.05, 4.69) is 30.3 Å². The second-order valence-electron chi connectivity index (χ2n) is 6.23. The molecule has 1 saturated heterocycles. The molecule has 5 atom stereocenters. The molecule has 1 aliphatic heterocycles. The van der Waals surface area contributed by atoms with Crippen molar-refractivity contribution in [2.24, 2.45) is 0 Å². The fraction of sp³-hybridized carbons (Fsp3) is 0.600. The number of halogens is 5. The molecule has 1 aromatic heterocycles. The molecule has 1 fully saturated rings.